The first-order chi connectivity index (χ1) is 9.02. The summed E-state index contributed by atoms with van der Waals surface area (Å²) in [5.41, 5.74) is 6.74. The van der Waals surface area contributed by atoms with Gasteiger partial charge in [-0.15, -0.1) is 0 Å². The van der Waals surface area contributed by atoms with E-state index in [1.807, 2.05) is 0 Å². The highest BCUT2D eigenvalue weighted by atomic mass is 35.5. The molecule has 0 heterocycles. The smallest absolute Gasteiger partial charge is 0.131 e. The zero-order chi connectivity index (χ0) is 14.0. The Balaban J connectivity index is 2.49. The number of hydrogen-bond donors (Lipinski definition) is 1. The average Bonchev–Trinajstić information content (AvgIpc) is 2.38. The molecule has 2 aromatic rings. The molecule has 1 atom stereocenters. The third-order valence-corrected chi connectivity index (χ3v) is 3.06. The highest BCUT2D eigenvalue weighted by molar-refractivity contribution is 6.30. The van der Waals surface area contributed by atoms with E-state index in [0.29, 0.717) is 16.3 Å². The molecule has 2 N–H and O–H groups in total. The van der Waals surface area contributed by atoms with Crippen LogP contribution in [0.4, 0.5) is 8.78 Å². The van der Waals surface area contributed by atoms with E-state index in [0.717, 1.165) is 12.1 Å². The van der Waals surface area contributed by atoms with Crippen LogP contribution in [0.5, 0.6) is 5.75 Å². The predicted molar refractivity (Wildman–Crippen MR) is 70.4 cm³/mol. The Morgan fingerprint density at radius 2 is 1.84 bits per heavy atom. The number of ether oxygens (including phenoxy) is 1. The minimum Gasteiger partial charge on any atom is -0.496 e. The van der Waals surface area contributed by atoms with Crippen LogP contribution in [0.1, 0.15) is 17.2 Å². The summed E-state index contributed by atoms with van der Waals surface area (Å²) in [5.74, 6) is -0.846. The third kappa shape index (κ3) is 2.85. The van der Waals surface area contributed by atoms with Crippen molar-refractivity contribution in [3.8, 4) is 5.75 Å². The molecule has 0 radical (unpaired) electrons. The van der Waals surface area contributed by atoms with Gasteiger partial charge in [-0.1, -0.05) is 17.7 Å². The number of halogens is 3. The Labute approximate surface area is 114 Å². The minimum atomic E-state index is -0.783. The summed E-state index contributed by atoms with van der Waals surface area (Å²) in [6.45, 7) is 0. The largest absolute Gasteiger partial charge is 0.496 e. The summed E-state index contributed by atoms with van der Waals surface area (Å²) >= 11 is 5.91. The van der Waals surface area contributed by atoms with Crippen LogP contribution in [0.2, 0.25) is 5.02 Å². The minimum absolute atomic E-state index is 0.182. The van der Waals surface area contributed by atoms with Crippen LogP contribution in [0.25, 0.3) is 0 Å². The van der Waals surface area contributed by atoms with Gasteiger partial charge < -0.3 is 10.5 Å². The molecule has 100 valence electrons. The maximum atomic E-state index is 13.7. The van der Waals surface area contributed by atoms with Gasteiger partial charge in [-0.3, -0.25) is 0 Å². The van der Waals surface area contributed by atoms with Crippen LogP contribution in [0.15, 0.2) is 36.4 Å². The molecule has 2 rings (SSSR count). The highest BCUT2D eigenvalue weighted by Crippen LogP contribution is 2.31. The van der Waals surface area contributed by atoms with Crippen LogP contribution in [0.3, 0.4) is 0 Å². The molecule has 19 heavy (non-hydrogen) atoms. The molecule has 0 aliphatic carbocycles. The third-order valence-electron chi connectivity index (χ3n) is 2.82. The average molecular weight is 284 g/mol. The molecule has 0 spiro atoms. The van der Waals surface area contributed by atoms with Gasteiger partial charge in [0.2, 0.25) is 0 Å². The van der Waals surface area contributed by atoms with Crippen molar-refractivity contribution < 1.29 is 13.5 Å². The van der Waals surface area contributed by atoms with Crippen molar-refractivity contribution in [1.82, 2.24) is 0 Å². The number of methoxy groups -OCH3 is 1. The summed E-state index contributed by atoms with van der Waals surface area (Å²) in [6, 6.07) is 7.40. The molecule has 5 heteroatoms. The van der Waals surface area contributed by atoms with Crippen molar-refractivity contribution in [2.45, 2.75) is 6.04 Å². The van der Waals surface area contributed by atoms with Crippen molar-refractivity contribution in [1.29, 1.82) is 0 Å². The van der Waals surface area contributed by atoms with Crippen molar-refractivity contribution in [3.05, 3.63) is 64.2 Å². The molecule has 0 saturated carbocycles. The van der Waals surface area contributed by atoms with Crippen LogP contribution >= 0.6 is 11.6 Å². The van der Waals surface area contributed by atoms with Gasteiger partial charge >= 0.3 is 0 Å². The van der Waals surface area contributed by atoms with E-state index in [2.05, 4.69) is 0 Å². The molecule has 2 aromatic carbocycles. The predicted octanol–water partition coefficient (Wildman–Crippen LogP) is 3.67. The molecule has 1 unspecified atom stereocenters. The SMILES string of the molecule is COc1ccc(Cl)cc1C(N)c1ccc(F)cc1F. The van der Waals surface area contributed by atoms with E-state index in [-0.39, 0.29) is 5.56 Å². The number of nitrogens with two attached hydrogens (primary N) is 1. The first-order valence-electron chi connectivity index (χ1n) is 5.57. The van der Waals surface area contributed by atoms with Crippen LogP contribution in [-0.4, -0.2) is 7.11 Å². The van der Waals surface area contributed by atoms with Crippen molar-refractivity contribution in [3.63, 3.8) is 0 Å². The maximum absolute atomic E-state index is 13.7. The number of rotatable bonds is 3. The molecule has 0 saturated heterocycles. The van der Waals surface area contributed by atoms with Crippen LogP contribution < -0.4 is 10.5 Å². The molecule has 0 aliphatic rings. The summed E-state index contributed by atoms with van der Waals surface area (Å²) < 4.78 is 31.8. The van der Waals surface area contributed by atoms with Gasteiger partial charge in [-0.05, 0) is 24.3 Å². The summed E-state index contributed by atoms with van der Waals surface area (Å²) in [5, 5.41) is 0.466. The normalized spacial score (nSPS) is 12.3. The van der Waals surface area contributed by atoms with Crippen LogP contribution in [-0.2, 0) is 0 Å². The Morgan fingerprint density at radius 3 is 2.47 bits per heavy atom. The molecule has 0 fully saturated rings. The van der Waals surface area contributed by atoms with Gasteiger partial charge in [0.25, 0.3) is 0 Å². The molecular weight excluding hydrogens is 272 g/mol. The fourth-order valence-electron chi connectivity index (χ4n) is 1.87. The van der Waals surface area contributed by atoms with Crippen molar-refractivity contribution in [2.24, 2.45) is 5.73 Å². The molecular formula is C14H12ClF2NO. The first kappa shape index (κ1) is 13.8. The van der Waals surface area contributed by atoms with Crippen molar-refractivity contribution >= 4 is 11.6 Å². The molecule has 0 amide bonds. The molecule has 0 aromatic heterocycles. The van der Waals surface area contributed by atoms with Gasteiger partial charge in [0, 0.05) is 22.2 Å². The lowest BCUT2D eigenvalue weighted by Gasteiger charge is -2.17. The van der Waals surface area contributed by atoms with E-state index in [1.165, 1.54) is 13.2 Å². The van der Waals surface area contributed by atoms with Gasteiger partial charge in [0.1, 0.15) is 17.4 Å². The lowest BCUT2D eigenvalue weighted by molar-refractivity contribution is 0.407. The van der Waals surface area contributed by atoms with Crippen LogP contribution in [0, 0.1) is 11.6 Å². The van der Waals surface area contributed by atoms with E-state index in [4.69, 9.17) is 22.1 Å². The lowest BCUT2D eigenvalue weighted by atomic mass is 9.98. The van der Waals surface area contributed by atoms with Gasteiger partial charge in [0.05, 0.1) is 13.2 Å². The van der Waals surface area contributed by atoms with Gasteiger partial charge in [-0.25, -0.2) is 8.78 Å². The fraction of sp³-hybridized carbons (Fsp3) is 0.143. The van der Waals surface area contributed by atoms with E-state index >= 15 is 0 Å². The highest BCUT2D eigenvalue weighted by Gasteiger charge is 2.18. The second-order valence-electron chi connectivity index (χ2n) is 4.03. The quantitative estimate of drug-likeness (QED) is 0.933. The Morgan fingerprint density at radius 1 is 1.11 bits per heavy atom. The van der Waals surface area contributed by atoms with E-state index < -0.39 is 17.7 Å². The second-order valence-corrected chi connectivity index (χ2v) is 4.47. The molecule has 2 nitrogen and oxygen atoms in total. The molecule has 0 aliphatic heterocycles. The Kier molecular flexibility index (Phi) is 4.02. The molecule has 0 bridgehead atoms. The van der Waals surface area contributed by atoms with Gasteiger partial charge in [0.15, 0.2) is 0 Å². The maximum Gasteiger partial charge on any atom is 0.131 e. The lowest BCUT2D eigenvalue weighted by Crippen LogP contribution is -2.15. The number of benzene rings is 2. The van der Waals surface area contributed by atoms with Crippen molar-refractivity contribution in [2.75, 3.05) is 7.11 Å². The first-order valence-corrected chi connectivity index (χ1v) is 5.94. The Hall–Kier alpha value is -1.65. The summed E-state index contributed by atoms with van der Waals surface area (Å²) in [4.78, 5) is 0. The topological polar surface area (TPSA) is 35.2 Å². The second kappa shape index (κ2) is 5.55. The zero-order valence-corrected chi connectivity index (χ0v) is 10.9. The van der Waals surface area contributed by atoms with E-state index in [9.17, 15) is 8.78 Å². The summed E-state index contributed by atoms with van der Waals surface area (Å²) in [6.07, 6.45) is 0. The Bertz CT molecular complexity index is 604. The van der Waals surface area contributed by atoms with Gasteiger partial charge in [-0.2, -0.15) is 0 Å². The zero-order valence-electron chi connectivity index (χ0n) is 10.2. The van der Waals surface area contributed by atoms with E-state index in [1.54, 1.807) is 18.2 Å². The monoisotopic (exact) mass is 283 g/mol. The number of hydrogen-bond acceptors (Lipinski definition) is 2. The summed E-state index contributed by atoms with van der Waals surface area (Å²) in [7, 11) is 1.49. The standard InChI is InChI=1S/C14H12ClF2NO/c1-19-13-5-2-8(15)6-11(13)14(18)10-4-3-9(16)7-12(10)17/h2-7,14H,18H2,1H3. The fourth-order valence-corrected chi connectivity index (χ4v) is 2.05.